The van der Waals surface area contributed by atoms with E-state index in [-0.39, 0.29) is 0 Å². The second kappa shape index (κ2) is 7.00. The third kappa shape index (κ3) is 3.25. The van der Waals surface area contributed by atoms with E-state index in [1.54, 1.807) is 11.3 Å². The molecule has 2 heterocycles. The highest BCUT2D eigenvalue weighted by Crippen LogP contribution is 2.32. The maximum absolute atomic E-state index is 2.26. The van der Waals surface area contributed by atoms with E-state index >= 15 is 0 Å². The minimum atomic E-state index is 1.30. The van der Waals surface area contributed by atoms with Crippen molar-refractivity contribution in [1.82, 2.24) is 0 Å². The van der Waals surface area contributed by atoms with Crippen molar-refractivity contribution >= 4 is 42.8 Å². The van der Waals surface area contributed by atoms with Gasteiger partial charge >= 0.3 is 0 Å². The summed E-state index contributed by atoms with van der Waals surface area (Å²) in [6, 6.07) is 31.9. The van der Waals surface area contributed by atoms with Gasteiger partial charge in [0, 0.05) is 14.3 Å². The molecule has 3 aromatic carbocycles. The molecule has 0 fully saturated rings. The van der Waals surface area contributed by atoms with E-state index in [2.05, 4.69) is 96.4 Å². The highest BCUT2D eigenvalue weighted by molar-refractivity contribution is 7.22. The van der Waals surface area contributed by atoms with Crippen molar-refractivity contribution < 1.29 is 0 Å². The fourth-order valence-electron chi connectivity index (χ4n) is 2.63. The van der Waals surface area contributed by atoms with Crippen LogP contribution in [0.2, 0.25) is 0 Å². The molecule has 5 aromatic rings. The van der Waals surface area contributed by atoms with Gasteiger partial charge in [-0.3, -0.25) is 0 Å². The predicted octanol–water partition coefficient (Wildman–Crippen LogP) is 7.47. The summed E-state index contributed by atoms with van der Waals surface area (Å²) in [6.07, 6.45) is 0. The Morgan fingerprint density at radius 2 is 1.21 bits per heavy atom. The van der Waals surface area contributed by atoms with Crippen molar-refractivity contribution in [2.45, 2.75) is 0 Å². The Kier molecular flexibility index (Phi) is 4.41. The fraction of sp³-hybridized carbons (Fsp3) is 0. The molecule has 0 amide bonds. The first kappa shape index (κ1) is 15.1. The zero-order valence-electron chi connectivity index (χ0n) is 13.1. The predicted molar refractivity (Wildman–Crippen MR) is 109 cm³/mol. The highest BCUT2D eigenvalue weighted by Gasteiger charge is 2.02. The first-order valence-electron chi connectivity index (χ1n) is 7.86. The van der Waals surface area contributed by atoms with E-state index in [0.29, 0.717) is 0 Å². The van der Waals surface area contributed by atoms with Crippen LogP contribution in [0.25, 0.3) is 30.6 Å². The number of hydrogen-bond acceptors (Lipinski definition) is 2. The number of rotatable bonds is 1. The van der Waals surface area contributed by atoms with Crippen molar-refractivity contribution in [3.8, 4) is 10.4 Å². The van der Waals surface area contributed by atoms with Crippen LogP contribution in [-0.2, 0) is 0 Å². The quantitative estimate of drug-likeness (QED) is 0.296. The van der Waals surface area contributed by atoms with Crippen LogP contribution in [-0.4, -0.2) is 0 Å². The summed E-state index contributed by atoms with van der Waals surface area (Å²) in [6.45, 7) is 0. The van der Waals surface area contributed by atoms with Gasteiger partial charge in [-0.25, -0.2) is 0 Å². The van der Waals surface area contributed by atoms with Gasteiger partial charge < -0.3 is 0 Å². The first-order valence-corrected chi connectivity index (χ1v) is 9.56. The average molecular weight is 345 g/mol. The van der Waals surface area contributed by atoms with Crippen LogP contribution >= 0.6 is 22.7 Å². The summed E-state index contributed by atoms with van der Waals surface area (Å²) < 4.78 is 2.73. The Bertz CT molecular complexity index is 992. The Morgan fingerprint density at radius 1 is 0.542 bits per heavy atom. The third-order valence-electron chi connectivity index (χ3n) is 3.85. The van der Waals surface area contributed by atoms with Gasteiger partial charge in [-0.05, 0) is 46.0 Å². The maximum Gasteiger partial charge on any atom is 0.0355 e. The zero-order valence-corrected chi connectivity index (χ0v) is 14.7. The van der Waals surface area contributed by atoms with Gasteiger partial charge in [0.2, 0.25) is 0 Å². The number of hydrogen-bond donors (Lipinski definition) is 0. The van der Waals surface area contributed by atoms with Crippen molar-refractivity contribution in [3.05, 3.63) is 96.4 Å². The molecular formula is C22H16S2. The Morgan fingerprint density at radius 3 is 1.96 bits per heavy atom. The number of thiophene rings is 2. The lowest BCUT2D eigenvalue weighted by atomic mass is 10.2. The molecule has 5 rings (SSSR count). The molecule has 0 nitrogen and oxygen atoms in total. The second-order valence-electron chi connectivity index (χ2n) is 5.47. The lowest BCUT2D eigenvalue weighted by molar-refractivity contribution is 1.70. The van der Waals surface area contributed by atoms with Crippen LogP contribution in [0.3, 0.4) is 0 Å². The van der Waals surface area contributed by atoms with Crippen LogP contribution in [0.4, 0.5) is 0 Å². The van der Waals surface area contributed by atoms with Gasteiger partial charge in [0.15, 0.2) is 0 Å². The molecule has 0 radical (unpaired) electrons. The monoisotopic (exact) mass is 344 g/mol. The molecule has 116 valence electrons. The lowest BCUT2D eigenvalue weighted by Gasteiger charge is -1.93. The normalized spacial score (nSPS) is 10.5. The van der Waals surface area contributed by atoms with Crippen molar-refractivity contribution in [2.75, 3.05) is 0 Å². The molecule has 0 unspecified atom stereocenters. The molecule has 2 heteroatoms. The average Bonchev–Trinajstić information content (AvgIpc) is 3.29. The van der Waals surface area contributed by atoms with Crippen LogP contribution in [0, 0.1) is 0 Å². The zero-order chi connectivity index (χ0) is 16.2. The molecule has 0 saturated heterocycles. The van der Waals surface area contributed by atoms with E-state index in [0.717, 1.165) is 0 Å². The van der Waals surface area contributed by atoms with Crippen LogP contribution in [0.1, 0.15) is 0 Å². The maximum atomic E-state index is 2.26. The third-order valence-corrected chi connectivity index (χ3v) is 5.91. The summed E-state index contributed by atoms with van der Waals surface area (Å²) in [7, 11) is 0. The van der Waals surface area contributed by atoms with Gasteiger partial charge in [0.1, 0.15) is 0 Å². The molecule has 0 aliphatic heterocycles. The van der Waals surface area contributed by atoms with E-state index in [9.17, 15) is 0 Å². The molecule has 0 aliphatic rings. The van der Waals surface area contributed by atoms with Crippen molar-refractivity contribution in [3.63, 3.8) is 0 Å². The standard InChI is InChI=1S/C14H10S.C8H6S/c1-2-6-11(7-3-1)14-10-12-8-4-5-9-13(12)15-14;1-2-4-8-7(3-1)5-6-9-8/h1-10H;1-6H. The van der Waals surface area contributed by atoms with Gasteiger partial charge in [0.25, 0.3) is 0 Å². The van der Waals surface area contributed by atoms with Crippen molar-refractivity contribution in [1.29, 1.82) is 0 Å². The summed E-state index contributed by atoms with van der Waals surface area (Å²) in [5.74, 6) is 0. The number of fused-ring (bicyclic) bond motifs is 2. The summed E-state index contributed by atoms with van der Waals surface area (Å²) in [5, 5.41) is 4.80. The fourth-order valence-corrected chi connectivity index (χ4v) is 4.49. The Hall–Kier alpha value is -2.42. The minimum absolute atomic E-state index is 1.30. The second-order valence-corrected chi connectivity index (χ2v) is 7.50. The van der Waals surface area contributed by atoms with E-state index < -0.39 is 0 Å². The lowest BCUT2D eigenvalue weighted by Crippen LogP contribution is -1.67. The minimum Gasteiger partial charge on any atom is -0.144 e. The topological polar surface area (TPSA) is 0 Å². The van der Waals surface area contributed by atoms with Gasteiger partial charge in [-0.2, -0.15) is 0 Å². The molecule has 24 heavy (non-hydrogen) atoms. The molecule has 0 spiro atoms. The molecule has 2 aromatic heterocycles. The van der Waals surface area contributed by atoms with Gasteiger partial charge in [-0.15, -0.1) is 22.7 Å². The van der Waals surface area contributed by atoms with E-state index in [1.165, 1.54) is 30.6 Å². The molecule has 0 atom stereocenters. The number of benzene rings is 3. The first-order chi connectivity index (χ1) is 11.9. The largest absolute Gasteiger partial charge is 0.144 e. The molecule has 0 N–H and O–H groups in total. The van der Waals surface area contributed by atoms with Gasteiger partial charge in [0.05, 0.1) is 0 Å². The Balaban J connectivity index is 0.000000138. The molecular weight excluding hydrogens is 328 g/mol. The summed E-state index contributed by atoms with van der Waals surface area (Å²) >= 11 is 3.64. The van der Waals surface area contributed by atoms with Gasteiger partial charge in [-0.1, -0.05) is 66.7 Å². The van der Waals surface area contributed by atoms with Crippen LogP contribution < -0.4 is 0 Å². The smallest absolute Gasteiger partial charge is 0.0355 e. The highest BCUT2D eigenvalue weighted by atomic mass is 32.1. The molecule has 0 bridgehead atoms. The van der Waals surface area contributed by atoms with Crippen LogP contribution in [0.5, 0.6) is 0 Å². The SMILES string of the molecule is c1ccc(-c2cc3ccccc3s2)cc1.c1ccc2sccc2c1. The Labute approximate surface area is 149 Å². The molecule has 0 saturated carbocycles. The van der Waals surface area contributed by atoms with Crippen LogP contribution in [0.15, 0.2) is 96.4 Å². The van der Waals surface area contributed by atoms with E-state index in [1.807, 2.05) is 11.3 Å². The molecule has 0 aliphatic carbocycles. The summed E-state index contributed by atoms with van der Waals surface area (Å²) in [4.78, 5) is 1.34. The van der Waals surface area contributed by atoms with E-state index in [4.69, 9.17) is 0 Å². The van der Waals surface area contributed by atoms with Crippen molar-refractivity contribution in [2.24, 2.45) is 0 Å². The summed E-state index contributed by atoms with van der Waals surface area (Å²) in [5.41, 5.74) is 1.30.